The van der Waals surface area contributed by atoms with E-state index in [1.807, 2.05) is 0 Å². The highest BCUT2D eigenvalue weighted by Gasteiger charge is 2.19. The maximum absolute atomic E-state index is 12.9. The number of halogens is 2. The van der Waals surface area contributed by atoms with Crippen LogP contribution in [-0.2, 0) is 10.0 Å². The SMILES string of the molecule is O=C(O)c1cc(NS(=O)(=O)c2ccc(F)cc2Cl)ccn1. The predicted octanol–water partition coefficient (Wildman–Crippen LogP) is 2.37. The van der Waals surface area contributed by atoms with Gasteiger partial charge < -0.3 is 5.11 Å². The molecule has 0 amide bonds. The van der Waals surface area contributed by atoms with Crippen molar-refractivity contribution in [1.29, 1.82) is 0 Å². The first-order valence-electron chi connectivity index (χ1n) is 5.47. The zero-order valence-electron chi connectivity index (χ0n) is 10.2. The van der Waals surface area contributed by atoms with E-state index >= 15 is 0 Å². The molecule has 0 radical (unpaired) electrons. The molecule has 9 heteroatoms. The summed E-state index contributed by atoms with van der Waals surface area (Å²) in [6.07, 6.45) is 1.15. The van der Waals surface area contributed by atoms with E-state index in [9.17, 15) is 17.6 Å². The van der Waals surface area contributed by atoms with Crippen molar-refractivity contribution >= 4 is 33.3 Å². The Labute approximate surface area is 124 Å². The average molecular weight is 331 g/mol. The summed E-state index contributed by atoms with van der Waals surface area (Å²) in [5, 5.41) is 8.51. The number of benzene rings is 1. The Morgan fingerprint density at radius 3 is 2.62 bits per heavy atom. The van der Waals surface area contributed by atoms with E-state index in [1.54, 1.807) is 0 Å². The summed E-state index contributed by atoms with van der Waals surface area (Å²) >= 11 is 5.70. The Morgan fingerprint density at radius 1 is 1.29 bits per heavy atom. The average Bonchev–Trinajstić information content (AvgIpc) is 2.37. The summed E-state index contributed by atoms with van der Waals surface area (Å²) in [7, 11) is -4.07. The van der Waals surface area contributed by atoms with E-state index in [0.29, 0.717) is 0 Å². The molecule has 6 nitrogen and oxygen atoms in total. The van der Waals surface area contributed by atoms with Crippen molar-refractivity contribution in [2.75, 3.05) is 4.72 Å². The van der Waals surface area contributed by atoms with Gasteiger partial charge in [-0.3, -0.25) is 4.72 Å². The number of carboxylic acids is 1. The molecular formula is C12H8ClFN2O4S. The number of carboxylic acid groups (broad SMARTS) is 1. The van der Waals surface area contributed by atoms with Crippen LogP contribution in [0.4, 0.5) is 10.1 Å². The minimum Gasteiger partial charge on any atom is -0.477 e. The highest BCUT2D eigenvalue weighted by Crippen LogP contribution is 2.24. The molecule has 0 spiro atoms. The number of aromatic carboxylic acids is 1. The van der Waals surface area contributed by atoms with Crippen molar-refractivity contribution in [3.8, 4) is 0 Å². The fourth-order valence-corrected chi connectivity index (χ4v) is 3.10. The van der Waals surface area contributed by atoms with Gasteiger partial charge in [-0.25, -0.2) is 22.6 Å². The lowest BCUT2D eigenvalue weighted by atomic mass is 10.3. The Hall–Kier alpha value is -2.19. The van der Waals surface area contributed by atoms with Gasteiger partial charge in [0.1, 0.15) is 16.4 Å². The Balaban J connectivity index is 2.37. The molecule has 0 saturated heterocycles. The summed E-state index contributed by atoms with van der Waals surface area (Å²) in [5.74, 6) is -1.97. The minimum atomic E-state index is -4.07. The number of nitrogens with zero attached hydrogens (tertiary/aromatic N) is 1. The monoisotopic (exact) mass is 330 g/mol. The topological polar surface area (TPSA) is 96.4 Å². The molecule has 0 atom stereocenters. The van der Waals surface area contributed by atoms with Crippen molar-refractivity contribution in [2.45, 2.75) is 4.90 Å². The number of nitrogens with one attached hydrogen (secondary N) is 1. The van der Waals surface area contributed by atoms with Gasteiger partial charge in [0.05, 0.1) is 10.7 Å². The summed E-state index contributed by atoms with van der Waals surface area (Å²) < 4.78 is 39.3. The molecule has 0 aliphatic rings. The van der Waals surface area contributed by atoms with Gasteiger partial charge in [-0.05, 0) is 30.3 Å². The van der Waals surface area contributed by atoms with Gasteiger partial charge in [0.25, 0.3) is 10.0 Å². The van der Waals surface area contributed by atoms with Crippen LogP contribution in [0.25, 0.3) is 0 Å². The first-order chi connectivity index (χ1) is 9.79. The predicted molar refractivity (Wildman–Crippen MR) is 73.4 cm³/mol. The molecule has 0 saturated carbocycles. The number of pyridine rings is 1. The number of carbonyl (C=O) groups is 1. The normalized spacial score (nSPS) is 11.1. The lowest BCUT2D eigenvalue weighted by Gasteiger charge is -2.09. The van der Waals surface area contributed by atoms with Gasteiger partial charge in [0.15, 0.2) is 0 Å². The number of hydrogen-bond acceptors (Lipinski definition) is 4. The van der Waals surface area contributed by atoms with Crippen LogP contribution in [0.15, 0.2) is 41.4 Å². The van der Waals surface area contributed by atoms with E-state index in [4.69, 9.17) is 16.7 Å². The fraction of sp³-hybridized carbons (Fsp3) is 0. The molecule has 1 heterocycles. The van der Waals surface area contributed by atoms with Gasteiger partial charge in [-0.2, -0.15) is 0 Å². The highest BCUT2D eigenvalue weighted by atomic mass is 35.5. The summed E-state index contributed by atoms with van der Waals surface area (Å²) in [6.45, 7) is 0. The molecule has 1 aromatic carbocycles. The van der Waals surface area contributed by atoms with E-state index in [1.165, 1.54) is 6.07 Å². The molecule has 0 unspecified atom stereocenters. The molecule has 2 rings (SSSR count). The third kappa shape index (κ3) is 3.47. The van der Waals surface area contributed by atoms with Crippen LogP contribution in [0, 0.1) is 5.82 Å². The number of anilines is 1. The third-order valence-corrected chi connectivity index (χ3v) is 4.28. The van der Waals surface area contributed by atoms with Crippen LogP contribution in [0.3, 0.4) is 0 Å². The van der Waals surface area contributed by atoms with Crippen LogP contribution in [-0.4, -0.2) is 24.5 Å². The van der Waals surface area contributed by atoms with Gasteiger partial charge in [-0.15, -0.1) is 0 Å². The zero-order chi connectivity index (χ0) is 15.6. The second-order valence-corrected chi connectivity index (χ2v) is 5.97. The number of rotatable bonds is 4. The van der Waals surface area contributed by atoms with Crippen LogP contribution >= 0.6 is 11.6 Å². The van der Waals surface area contributed by atoms with E-state index in [0.717, 1.165) is 30.5 Å². The van der Waals surface area contributed by atoms with Gasteiger partial charge in [-0.1, -0.05) is 11.6 Å². The fourth-order valence-electron chi connectivity index (χ4n) is 1.51. The maximum atomic E-state index is 12.9. The third-order valence-electron chi connectivity index (χ3n) is 2.41. The van der Waals surface area contributed by atoms with Crippen LogP contribution in [0.1, 0.15) is 10.5 Å². The zero-order valence-corrected chi connectivity index (χ0v) is 11.8. The standard InChI is InChI=1S/C12H8ClFN2O4S/c13-9-5-7(14)1-2-11(9)21(19,20)16-8-3-4-15-10(6-8)12(17)18/h1-6H,(H,15,16)(H,17,18). The molecule has 0 aliphatic carbocycles. The smallest absolute Gasteiger partial charge is 0.354 e. The number of sulfonamides is 1. The van der Waals surface area contributed by atoms with Crippen molar-refractivity contribution in [2.24, 2.45) is 0 Å². The van der Waals surface area contributed by atoms with Crippen molar-refractivity contribution in [3.05, 3.63) is 53.1 Å². The summed E-state index contributed by atoms with van der Waals surface area (Å²) in [6, 6.07) is 5.17. The molecule has 0 fully saturated rings. The van der Waals surface area contributed by atoms with Gasteiger partial charge in [0, 0.05) is 6.20 Å². The molecular weight excluding hydrogens is 323 g/mol. The number of aromatic nitrogens is 1. The van der Waals surface area contributed by atoms with Gasteiger partial charge >= 0.3 is 5.97 Å². The van der Waals surface area contributed by atoms with E-state index in [-0.39, 0.29) is 21.3 Å². The van der Waals surface area contributed by atoms with Crippen molar-refractivity contribution < 1.29 is 22.7 Å². The minimum absolute atomic E-state index is 0.00258. The molecule has 0 bridgehead atoms. The summed E-state index contributed by atoms with van der Waals surface area (Å²) in [5.41, 5.74) is -0.316. The number of hydrogen-bond donors (Lipinski definition) is 2. The van der Waals surface area contributed by atoms with E-state index in [2.05, 4.69) is 9.71 Å². The molecule has 110 valence electrons. The van der Waals surface area contributed by atoms with Crippen LogP contribution < -0.4 is 4.72 Å². The second kappa shape index (κ2) is 5.66. The van der Waals surface area contributed by atoms with Crippen LogP contribution in [0.2, 0.25) is 5.02 Å². The lowest BCUT2D eigenvalue weighted by Crippen LogP contribution is -2.14. The summed E-state index contributed by atoms with van der Waals surface area (Å²) in [4.78, 5) is 14.0. The molecule has 21 heavy (non-hydrogen) atoms. The highest BCUT2D eigenvalue weighted by molar-refractivity contribution is 7.92. The first-order valence-corrected chi connectivity index (χ1v) is 7.33. The second-order valence-electron chi connectivity index (χ2n) is 3.92. The molecule has 2 N–H and O–H groups in total. The van der Waals surface area contributed by atoms with Crippen molar-refractivity contribution in [3.63, 3.8) is 0 Å². The molecule has 1 aromatic heterocycles. The lowest BCUT2D eigenvalue weighted by molar-refractivity contribution is 0.0690. The Morgan fingerprint density at radius 2 is 2.00 bits per heavy atom. The molecule has 0 aliphatic heterocycles. The quantitative estimate of drug-likeness (QED) is 0.897. The molecule has 2 aromatic rings. The van der Waals surface area contributed by atoms with Crippen LogP contribution in [0.5, 0.6) is 0 Å². The maximum Gasteiger partial charge on any atom is 0.354 e. The van der Waals surface area contributed by atoms with Crippen molar-refractivity contribution in [1.82, 2.24) is 4.98 Å². The van der Waals surface area contributed by atoms with E-state index < -0.39 is 21.8 Å². The Bertz CT molecular complexity index is 811. The van der Waals surface area contributed by atoms with Gasteiger partial charge in [0.2, 0.25) is 0 Å². The largest absolute Gasteiger partial charge is 0.477 e. The Kier molecular flexibility index (Phi) is 4.10. The first kappa shape index (κ1) is 15.2.